The molecule has 1 aliphatic carbocycles. The SMILES string of the molecule is N#Cc1ccc(Cc2cnc(NC(=O)c3cccc(NC(=O)NC4CC4)c3)s2)cc1. The Labute approximate surface area is 177 Å². The number of anilines is 2. The Morgan fingerprint density at radius 1 is 1.13 bits per heavy atom. The van der Waals surface area contributed by atoms with E-state index in [9.17, 15) is 9.59 Å². The molecule has 1 fully saturated rings. The lowest BCUT2D eigenvalue weighted by atomic mass is 10.1. The van der Waals surface area contributed by atoms with Gasteiger partial charge in [-0.15, -0.1) is 11.3 Å². The zero-order valence-electron chi connectivity index (χ0n) is 16.0. The second-order valence-corrected chi connectivity index (χ2v) is 8.14. The summed E-state index contributed by atoms with van der Waals surface area (Å²) in [5, 5.41) is 17.8. The Balaban J connectivity index is 1.36. The van der Waals surface area contributed by atoms with Crippen LogP contribution in [0.3, 0.4) is 0 Å². The highest BCUT2D eigenvalue weighted by Crippen LogP contribution is 2.23. The Morgan fingerprint density at radius 3 is 2.67 bits per heavy atom. The Bertz CT molecular complexity index is 1110. The fraction of sp³-hybridized carbons (Fsp3) is 0.182. The van der Waals surface area contributed by atoms with Crippen molar-refractivity contribution in [2.75, 3.05) is 10.6 Å². The van der Waals surface area contributed by atoms with E-state index in [4.69, 9.17) is 5.26 Å². The van der Waals surface area contributed by atoms with E-state index in [0.717, 1.165) is 23.3 Å². The number of rotatable bonds is 6. The average molecular weight is 417 g/mol. The average Bonchev–Trinajstić information content (AvgIpc) is 3.45. The fourth-order valence-electron chi connectivity index (χ4n) is 2.83. The number of nitriles is 1. The number of nitrogens with one attached hydrogen (secondary N) is 3. The minimum Gasteiger partial charge on any atom is -0.335 e. The molecule has 7 nitrogen and oxygen atoms in total. The predicted octanol–water partition coefficient (Wildman–Crippen LogP) is 4.14. The molecule has 30 heavy (non-hydrogen) atoms. The summed E-state index contributed by atoms with van der Waals surface area (Å²) < 4.78 is 0. The van der Waals surface area contributed by atoms with Crippen molar-refractivity contribution < 1.29 is 9.59 Å². The van der Waals surface area contributed by atoms with Crippen LogP contribution in [0.1, 0.15) is 39.2 Å². The van der Waals surface area contributed by atoms with Crippen molar-refractivity contribution in [3.05, 3.63) is 76.3 Å². The maximum atomic E-state index is 12.6. The number of amides is 3. The predicted molar refractivity (Wildman–Crippen MR) is 116 cm³/mol. The molecule has 1 aliphatic rings. The standard InChI is InChI=1S/C22H19N5O2S/c23-12-15-6-4-14(5-7-15)10-19-13-24-22(30-19)27-20(28)16-2-1-3-18(11-16)26-21(29)25-17-8-9-17/h1-7,11,13,17H,8-10H2,(H,24,27,28)(H2,25,26,29). The van der Waals surface area contributed by atoms with Crippen LogP contribution in [0, 0.1) is 11.3 Å². The first-order valence-corrected chi connectivity index (χ1v) is 10.3. The molecule has 0 aliphatic heterocycles. The lowest BCUT2D eigenvalue weighted by Gasteiger charge is -2.08. The summed E-state index contributed by atoms with van der Waals surface area (Å²) in [6.45, 7) is 0. The molecule has 1 aromatic heterocycles. The van der Waals surface area contributed by atoms with E-state index in [2.05, 4.69) is 27.0 Å². The smallest absolute Gasteiger partial charge is 0.319 e. The molecule has 0 radical (unpaired) electrons. The molecule has 4 rings (SSSR count). The molecular formula is C22H19N5O2S. The number of hydrogen-bond acceptors (Lipinski definition) is 5. The van der Waals surface area contributed by atoms with Crippen LogP contribution < -0.4 is 16.0 Å². The van der Waals surface area contributed by atoms with Gasteiger partial charge in [0.05, 0.1) is 11.6 Å². The molecule has 2 aromatic carbocycles. The maximum absolute atomic E-state index is 12.6. The summed E-state index contributed by atoms with van der Waals surface area (Å²) in [6, 6.07) is 16.3. The molecule has 0 spiro atoms. The maximum Gasteiger partial charge on any atom is 0.319 e. The summed E-state index contributed by atoms with van der Waals surface area (Å²) in [4.78, 5) is 29.7. The minimum absolute atomic E-state index is 0.262. The molecule has 3 amide bonds. The zero-order chi connectivity index (χ0) is 20.9. The number of thiazole rings is 1. The van der Waals surface area contributed by atoms with Gasteiger partial charge in [0, 0.05) is 34.8 Å². The second kappa shape index (κ2) is 8.76. The van der Waals surface area contributed by atoms with Crippen LogP contribution in [0.25, 0.3) is 0 Å². The van der Waals surface area contributed by atoms with E-state index in [0.29, 0.717) is 28.4 Å². The molecule has 3 aromatic rings. The lowest BCUT2D eigenvalue weighted by Crippen LogP contribution is -2.30. The number of benzene rings is 2. The van der Waals surface area contributed by atoms with E-state index in [-0.39, 0.29) is 18.0 Å². The van der Waals surface area contributed by atoms with Gasteiger partial charge in [0.25, 0.3) is 5.91 Å². The van der Waals surface area contributed by atoms with Crippen molar-refractivity contribution >= 4 is 34.1 Å². The van der Waals surface area contributed by atoms with Crippen LogP contribution in [-0.2, 0) is 6.42 Å². The van der Waals surface area contributed by atoms with Crippen molar-refractivity contribution in [2.45, 2.75) is 25.3 Å². The molecule has 0 unspecified atom stereocenters. The molecule has 0 bridgehead atoms. The number of nitrogens with zero attached hydrogens (tertiary/aromatic N) is 2. The molecule has 150 valence electrons. The molecule has 1 saturated carbocycles. The number of urea groups is 1. The van der Waals surface area contributed by atoms with Crippen LogP contribution in [0.2, 0.25) is 0 Å². The number of carbonyl (C=O) groups is 2. The van der Waals surface area contributed by atoms with Gasteiger partial charge < -0.3 is 10.6 Å². The Kier molecular flexibility index (Phi) is 5.72. The van der Waals surface area contributed by atoms with Crippen LogP contribution in [0.4, 0.5) is 15.6 Å². The summed E-state index contributed by atoms with van der Waals surface area (Å²) in [6.07, 6.45) is 4.43. The number of aromatic nitrogens is 1. The van der Waals surface area contributed by atoms with Crippen molar-refractivity contribution in [3.8, 4) is 6.07 Å². The van der Waals surface area contributed by atoms with Crippen LogP contribution >= 0.6 is 11.3 Å². The minimum atomic E-state index is -0.291. The first-order chi connectivity index (χ1) is 14.6. The summed E-state index contributed by atoms with van der Waals surface area (Å²) in [7, 11) is 0. The first-order valence-electron chi connectivity index (χ1n) is 9.52. The van der Waals surface area contributed by atoms with E-state index in [1.165, 1.54) is 11.3 Å². The summed E-state index contributed by atoms with van der Waals surface area (Å²) >= 11 is 1.40. The summed E-state index contributed by atoms with van der Waals surface area (Å²) in [5.74, 6) is -0.291. The van der Waals surface area contributed by atoms with E-state index in [1.807, 2.05) is 12.1 Å². The Morgan fingerprint density at radius 2 is 1.93 bits per heavy atom. The fourth-order valence-corrected chi connectivity index (χ4v) is 3.67. The van der Waals surface area contributed by atoms with Crippen LogP contribution in [0.15, 0.2) is 54.7 Å². The van der Waals surface area contributed by atoms with Crippen LogP contribution in [-0.4, -0.2) is 23.0 Å². The van der Waals surface area contributed by atoms with Gasteiger partial charge in [0.1, 0.15) is 0 Å². The number of carbonyl (C=O) groups excluding carboxylic acids is 2. The third kappa shape index (κ3) is 5.21. The van der Waals surface area contributed by atoms with Gasteiger partial charge in [-0.1, -0.05) is 18.2 Å². The topological polar surface area (TPSA) is 107 Å². The largest absolute Gasteiger partial charge is 0.335 e. The third-order valence-electron chi connectivity index (χ3n) is 4.53. The van der Waals surface area contributed by atoms with Crippen molar-refractivity contribution in [1.82, 2.24) is 10.3 Å². The van der Waals surface area contributed by atoms with Gasteiger partial charge in [-0.2, -0.15) is 5.26 Å². The number of hydrogen-bond donors (Lipinski definition) is 3. The van der Waals surface area contributed by atoms with Gasteiger partial charge in [-0.25, -0.2) is 9.78 Å². The highest BCUT2D eigenvalue weighted by Gasteiger charge is 2.23. The highest BCUT2D eigenvalue weighted by molar-refractivity contribution is 7.15. The first kappa shape index (κ1) is 19.6. The normalized spacial score (nSPS) is 12.6. The van der Waals surface area contributed by atoms with Crippen molar-refractivity contribution in [3.63, 3.8) is 0 Å². The van der Waals surface area contributed by atoms with E-state index < -0.39 is 0 Å². The van der Waals surface area contributed by atoms with E-state index in [1.54, 1.807) is 42.6 Å². The molecule has 3 N–H and O–H groups in total. The van der Waals surface area contributed by atoms with Crippen LogP contribution in [0.5, 0.6) is 0 Å². The molecular weight excluding hydrogens is 398 g/mol. The highest BCUT2D eigenvalue weighted by atomic mass is 32.1. The van der Waals surface area contributed by atoms with Crippen molar-refractivity contribution in [2.24, 2.45) is 0 Å². The van der Waals surface area contributed by atoms with Gasteiger partial charge in [0.15, 0.2) is 5.13 Å². The lowest BCUT2D eigenvalue weighted by molar-refractivity contribution is 0.102. The molecule has 1 heterocycles. The quantitative estimate of drug-likeness (QED) is 0.560. The summed E-state index contributed by atoms with van der Waals surface area (Å²) in [5.41, 5.74) is 2.68. The monoisotopic (exact) mass is 417 g/mol. The second-order valence-electron chi connectivity index (χ2n) is 7.02. The van der Waals surface area contributed by atoms with E-state index >= 15 is 0 Å². The van der Waals surface area contributed by atoms with Crippen molar-refractivity contribution in [1.29, 1.82) is 5.26 Å². The van der Waals surface area contributed by atoms with Gasteiger partial charge in [0.2, 0.25) is 0 Å². The van der Waals surface area contributed by atoms with Gasteiger partial charge >= 0.3 is 6.03 Å². The zero-order valence-corrected chi connectivity index (χ0v) is 16.8. The van der Waals surface area contributed by atoms with Gasteiger partial charge in [-0.3, -0.25) is 10.1 Å². The van der Waals surface area contributed by atoms with Gasteiger partial charge in [-0.05, 0) is 48.7 Å². The molecule has 0 atom stereocenters. The molecule has 8 heteroatoms. The Hall–Kier alpha value is -3.70. The molecule has 0 saturated heterocycles. The third-order valence-corrected chi connectivity index (χ3v) is 5.44.